The van der Waals surface area contributed by atoms with Crippen molar-refractivity contribution >= 4 is 34.0 Å². The molecular weight excluding hydrogens is 354 g/mol. The number of carbonyl (C=O) groups excluding carboxylic acids is 2. The van der Waals surface area contributed by atoms with Crippen LogP contribution in [0.15, 0.2) is 24.3 Å². The molecule has 0 saturated heterocycles. The van der Waals surface area contributed by atoms with Crippen molar-refractivity contribution in [3.05, 3.63) is 45.8 Å². The van der Waals surface area contributed by atoms with Gasteiger partial charge in [0.05, 0.1) is 17.7 Å². The number of hydrogen-bond acceptors (Lipinski definition) is 8. The van der Waals surface area contributed by atoms with Gasteiger partial charge in [0, 0.05) is 25.3 Å². The average molecular weight is 373 g/mol. The van der Waals surface area contributed by atoms with Gasteiger partial charge in [-0.3, -0.25) is 0 Å². The molecule has 8 heteroatoms. The molecule has 7 nitrogen and oxygen atoms in total. The molecular formula is C18H19N3O4S. The number of ether oxygens (including phenoxy) is 2. The molecule has 136 valence electrons. The standard InChI is InChI=1S/C18H19N3O4S/c1-4-24-18(23)15-14(13(9-19)16(20)26-15)10-25-17(22)11-5-7-12(8-6-11)21(2)3/h5-8H,4,10,20H2,1-3H3. The van der Waals surface area contributed by atoms with Crippen molar-refractivity contribution in [1.82, 2.24) is 0 Å². The zero-order valence-electron chi connectivity index (χ0n) is 14.7. The van der Waals surface area contributed by atoms with Crippen LogP contribution in [0.2, 0.25) is 0 Å². The van der Waals surface area contributed by atoms with E-state index in [1.807, 2.05) is 25.1 Å². The number of nitrogens with zero attached hydrogens (tertiary/aromatic N) is 2. The first kappa shape index (κ1) is 19.3. The molecule has 0 amide bonds. The molecule has 0 aliphatic carbocycles. The maximum atomic E-state index is 12.2. The minimum atomic E-state index is -0.591. The van der Waals surface area contributed by atoms with Crippen LogP contribution >= 0.6 is 11.3 Å². The minimum Gasteiger partial charge on any atom is -0.462 e. The second-order valence-electron chi connectivity index (χ2n) is 5.50. The highest BCUT2D eigenvalue weighted by Crippen LogP contribution is 2.32. The SMILES string of the molecule is CCOC(=O)c1sc(N)c(C#N)c1COC(=O)c1ccc(N(C)C)cc1. The summed E-state index contributed by atoms with van der Waals surface area (Å²) < 4.78 is 10.2. The molecule has 26 heavy (non-hydrogen) atoms. The highest BCUT2D eigenvalue weighted by molar-refractivity contribution is 7.18. The van der Waals surface area contributed by atoms with E-state index in [9.17, 15) is 14.9 Å². The van der Waals surface area contributed by atoms with Gasteiger partial charge in [-0.2, -0.15) is 5.26 Å². The highest BCUT2D eigenvalue weighted by Gasteiger charge is 2.24. The van der Waals surface area contributed by atoms with Gasteiger partial charge in [0.1, 0.15) is 22.6 Å². The summed E-state index contributed by atoms with van der Waals surface area (Å²) in [6.07, 6.45) is 0. The molecule has 0 aliphatic rings. The molecule has 0 spiro atoms. The Morgan fingerprint density at radius 2 is 1.85 bits per heavy atom. The lowest BCUT2D eigenvalue weighted by molar-refractivity contribution is 0.0452. The number of thiophene rings is 1. The number of nitrogen functional groups attached to an aromatic ring is 1. The highest BCUT2D eigenvalue weighted by atomic mass is 32.1. The van der Waals surface area contributed by atoms with E-state index in [4.69, 9.17) is 15.2 Å². The summed E-state index contributed by atoms with van der Waals surface area (Å²) >= 11 is 0.950. The number of carbonyl (C=O) groups is 2. The lowest BCUT2D eigenvalue weighted by atomic mass is 10.1. The van der Waals surface area contributed by atoms with Crippen molar-refractivity contribution in [2.45, 2.75) is 13.5 Å². The molecule has 0 aliphatic heterocycles. The first-order valence-electron chi connectivity index (χ1n) is 7.81. The third-order valence-electron chi connectivity index (χ3n) is 3.57. The maximum Gasteiger partial charge on any atom is 0.348 e. The van der Waals surface area contributed by atoms with Crippen LogP contribution in [0.4, 0.5) is 10.7 Å². The van der Waals surface area contributed by atoms with Crippen LogP contribution in [-0.4, -0.2) is 32.6 Å². The van der Waals surface area contributed by atoms with Crippen LogP contribution in [0.25, 0.3) is 0 Å². The van der Waals surface area contributed by atoms with Crippen molar-refractivity contribution in [2.75, 3.05) is 31.3 Å². The summed E-state index contributed by atoms with van der Waals surface area (Å²) in [6, 6.07) is 8.84. The van der Waals surface area contributed by atoms with Crippen LogP contribution in [0.3, 0.4) is 0 Å². The molecule has 0 radical (unpaired) electrons. The molecule has 0 bridgehead atoms. The van der Waals surface area contributed by atoms with Crippen molar-refractivity contribution < 1.29 is 19.1 Å². The molecule has 0 fully saturated rings. The number of nitriles is 1. The Labute approximate surface area is 155 Å². The summed E-state index contributed by atoms with van der Waals surface area (Å²) in [4.78, 5) is 26.4. The van der Waals surface area contributed by atoms with E-state index in [0.29, 0.717) is 5.56 Å². The van der Waals surface area contributed by atoms with Gasteiger partial charge in [0.25, 0.3) is 0 Å². The van der Waals surface area contributed by atoms with Crippen LogP contribution in [0.5, 0.6) is 0 Å². The summed E-state index contributed by atoms with van der Waals surface area (Å²) in [5, 5.41) is 9.46. The van der Waals surface area contributed by atoms with Crippen LogP contribution < -0.4 is 10.6 Å². The summed E-state index contributed by atoms with van der Waals surface area (Å²) in [5.74, 6) is -1.15. The van der Waals surface area contributed by atoms with E-state index in [0.717, 1.165) is 17.0 Å². The van der Waals surface area contributed by atoms with Crippen LogP contribution in [0.1, 0.15) is 38.1 Å². The molecule has 2 N–H and O–H groups in total. The molecule has 0 saturated carbocycles. The van der Waals surface area contributed by atoms with Gasteiger partial charge in [0.15, 0.2) is 0 Å². The Morgan fingerprint density at radius 3 is 2.38 bits per heavy atom. The van der Waals surface area contributed by atoms with Gasteiger partial charge in [0.2, 0.25) is 0 Å². The monoisotopic (exact) mass is 373 g/mol. The van der Waals surface area contributed by atoms with Crippen LogP contribution in [-0.2, 0) is 16.1 Å². The van der Waals surface area contributed by atoms with E-state index in [1.165, 1.54) is 0 Å². The lowest BCUT2D eigenvalue weighted by Crippen LogP contribution is -2.11. The van der Waals surface area contributed by atoms with E-state index in [2.05, 4.69) is 0 Å². The fourth-order valence-electron chi connectivity index (χ4n) is 2.22. The fraction of sp³-hybridized carbons (Fsp3) is 0.278. The molecule has 1 aromatic carbocycles. The molecule has 1 aromatic heterocycles. The van der Waals surface area contributed by atoms with Gasteiger partial charge in [-0.1, -0.05) is 0 Å². The maximum absolute atomic E-state index is 12.2. The first-order chi connectivity index (χ1) is 12.4. The van der Waals surface area contributed by atoms with Gasteiger partial charge >= 0.3 is 11.9 Å². The van der Waals surface area contributed by atoms with Crippen molar-refractivity contribution in [1.29, 1.82) is 5.26 Å². The van der Waals surface area contributed by atoms with Gasteiger partial charge in [-0.25, -0.2) is 9.59 Å². The predicted octanol–water partition coefficient (Wildman–Crippen LogP) is 2.80. The van der Waals surface area contributed by atoms with Crippen molar-refractivity contribution in [3.8, 4) is 6.07 Å². The van der Waals surface area contributed by atoms with Gasteiger partial charge in [-0.05, 0) is 31.2 Å². The zero-order chi connectivity index (χ0) is 19.3. The smallest absolute Gasteiger partial charge is 0.348 e. The first-order valence-corrected chi connectivity index (χ1v) is 8.63. The second kappa shape index (κ2) is 8.36. The van der Waals surface area contributed by atoms with E-state index < -0.39 is 11.9 Å². The van der Waals surface area contributed by atoms with E-state index in [1.54, 1.807) is 31.2 Å². The lowest BCUT2D eigenvalue weighted by Gasteiger charge is -2.12. The third-order valence-corrected chi connectivity index (χ3v) is 4.62. The minimum absolute atomic E-state index is 0.133. The van der Waals surface area contributed by atoms with Gasteiger partial charge in [-0.15, -0.1) is 11.3 Å². The topological polar surface area (TPSA) is 106 Å². The quantitative estimate of drug-likeness (QED) is 0.776. The predicted molar refractivity (Wildman–Crippen MR) is 99.3 cm³/mol. The molecule has 0 atom stereocenters. The van der Waals surface area contributed by atoms with E-state index >= 15 is 0 Å². The van der Waals surface area contributed by atoms with Crippen LogP contribution in [0, 0.1) is 11.3 Å². The summed E-state index contributed by atoms with van der Waals surface area (Å²) in [7, 11) is 3.79. The largest absolute Gasteiger partial charge is 0.462 e. The number of hydrogen-bond donors (Lipinski definition) is 1. The summed E-state index contributed by atoms with van der Waals surface area (Å²) in [5.41, 5.74) is 7.51. The molecule has 2 aromatic rings. The molecule has 2 rings (SSSR count). The Balaban J connectivity index is 2.19. The average Bonchev–Trinajstić information content (AvgIpc) is 2.95. The normalized spacial score (nSPS) is 10.1. The number of esters is 2. The Morgan fingerprint density at radius 1 is 1.19 bits per heavy atom. The molecule has 1 heterocycles. The van der Waals surface area contributed by atoms with Crippen molar-refractivity contribution in [2.24, 2.45) is 0 Å². The Kier molecular flexibility index (Phi) is 6.20. The number of anilines is 2. The Hall–Kier alpha value is -3.05. The fourth-order valence-corrected chi connectivity index (χ4v) is 3.14. The Bertz CT molecular complexity index is 851. The number of benzene rings is 1. The second-order valence-corrected chi connectivity index (χ2v) is 6.55. The summed E-state index contributed by atoms with van der Waals surface area (Å²) in [6.45, 7) is 1.63. The number of nitrogens with two attached hydrogens (primary N) is 1. The third kappa shape index (κ3) is 4.13. The van der Waals surface area contributed by atoms with Crippen molar-refractivity contribution in [3.63, 3.8) is 0 Å². The molecule has 0 unspecified atom stereocenters. The van der Waals surface area contributed by atoms with Gasteiger partial charge < -0.3 is 20.1 Å². The zero-order valence-corrected chi connectivity index (χ0v) is 15.6. The van der Waals surface area contributed by atoms with E-state index in [-0.39, 0.29) is 34.2 Å². The number of rotatable bonds is 6.